The third kappa shape index (κ3) is 7.75. The van der Waals surface area contributed by atoms with Crippen molar-refractivity contribution in [3.8, 4) is 0 Å². The van der Waals surface area contributed by atoms with E-state index in [4.69, 9.17) is 5.73 Å². The summed E-state index contributed by atoms with van der Waals surface area (Å²) < 4.78 is 75.8. The van der Waals surface area contributed by atoms with Crippen LogP contribution in [0.15, 0.2) is 82.6 Å². The number of hydrogen-bond acceptors (Lipinski definition) is 4. The van der Waals surface area contributed by atoms with Crippen LogP contribution in [0.25, 0.3) is 0 Å². The average Bonchev–Trinajstić information content (AvgIpc) is 2.67. The number of benzene rings is 3. The molecular weight excluding hydrogens is 446 g/mol. The topological polar surface area (TPSA) is 38.0 Å². The summed E-state index contributed by atoms with van der Waals surface area (Å²) in [6.07, 6.45) is -8.55. The van der Waals surface area contributed by atoms with E-state index in [2.05, 4.69) is 17.4 Å². The summed E-state index contributed by atoms with van der Waals surface area (Å²) in [6.45, 7) is 0. The summed E-state index contributed by atoms with van der Waals surface area (Å²) in [5.74, 6) is 0. The molecule has 3 aromatic rings. The van der Waals surface area contributed by atoms with Gasteiger partial charge in [-0.3, -0.25) is 0 Å². The van der Waals surface area contributed by atoms with Crippen LogP contribution < -0.4 is 10.5 Å². The molecule has 0 aliphatic rings. The molecule has 0 bridgehead atoms. The fourth-order valence-corrected chi connectivity index (χ4v) is 2.82. The molecule has 0 spiro atoms. The Labute approximate surface area is 179 Å². The normalized spacial score (nSPS) is 11.4. The van der Waals surface area contributed by atoms with Gasteiger partial charge in [0.1, 0.15) is 0 Å². The summed E-state index contributed by atoms with van der Waals surface area (Å²) in [5.41, 5.74) is 5.53. The van der Waals surface area contributed by atoms with Crippen molar-refractivity contribution in [3.63, 3.8) is 0 Å². The van der Waals surface area contributed by atoms with Gasteiger partial charge in [0.2, 0.25) is 0 Å². The first-order valence-corrected chi connectivity index (χ1v) is 9.53. The second-order valence-corrected chi connectivity index (χ2v) is 7.29. The maximum Gasteiger partial charge on any atom is 0.416 e. The summed E-state index contributed by atoms with van der Waals surface area (Å²) in [5, 5.41) is 0. The third-order valence-electron chi connectivity index (χ3n) is 3.57. The van der Waals surface area contributed by atoms with Gasteiger partial charge in [-0.05, 0) is 84.7 Å². The van der Waals surface area contributed by atoms with Crippen LogP contribution in [0.4, 0.5) is 37.7 Å². The fourth-order valence-electron chi connectivity index (χ4n) is 2.03. The molecular formula is C20H16F6N2S2. The number of thiol groups is 1. The van der Waals surface area contributed by atoms with Gasteiger partial charge in [0.05, 0.1) is 11.1 Å². The molecule has 0 fully saturated rings. The van der Waals surface area contributed by atoms with E-state index in [0.717, 1.165) is 29.2 Å². The van der Waals surface area contributed by atoms with E-state index in [1.165, 1.54) is 36.2 Å². The lowest BCUT2D eigenvalue weighted by Gasteiger charge is -2.09. The van der Waals surface area contributed by atoms with Crippen molar-refractivity contribution >= 4 is 36.0 Å². The molecule has 0 amide bonds. The summed E-state index contributed by atoms with van der Waals surface area (Å²) in [7, 11) is 0. The van der Waals surface area contributed by atoms with Crippen LogP contribution in [0.1, 0.15) is 11.1 Å². The Morgan fingerprint density at radius 2 is 1.10 bits per heavy atom. The highest BCUT2D eigenvalue weighted by molar-refractivity contribution is 8.00. The number of nitrogen functional groups attached to an aromatic ring is 1. The molecule has 0 aliphatic heterocycles. The molecule has 2 nitrogen and oxygen atoms in total. The maximum absolute atomic E-state index is 12.4. The molecule has 0 aliphatic carbocycles. The second kappa shape index (κ2) is 10.0. The van der Waals surface area contributed by atoms with Gasteiger partial charge < -0.3 is 10.5 Å². The quantitative estimate of drug-likeness (QED) is 0.164. The van der Waals surface area contributed by atoms with Crippen LogP contribution >= 0.6 is 24.6 Å². The summed E-state index contributed by atoms with van der Waals surface area (Å²) >= 11 is 5.17. The van der Waals surface area contributed by atoms with E-state index in [1.54, 1.807) is 12.1 Å². The Hall–Kier alpha value is -2.46. The molecule has 0 unspecified atom stereocenters. The predicted molar refractivity (Wildman–Crippen MR) is 110 cm³/mol. The van der Waals surface area contributed by atoms with Crippen molar-refractivity contribution in [2.45, 2.75) is 22.1 Å². The number of hydrogen-bond donors (Lipinski definition) is 3. The molecule has 160 valence electrons. The van der Waals surface area contributed by atoms with Crippen molar-refractivity contribution in [1.29, 1.82) is 0 Å². The van der Waals surface area contributed by atoms with E-state index in [0.29, 0.717) is 16.3 Å². The van der Waals surface area contributed by atoms with E-state index < -0.39 is 23.5 Å². The van der Waals surface area contributed by atoms with Crippen molar-refractivity contribution in [1.82, 2.24) is 0 Å². The molecule has 30 heavy (non-hydrogen) atoms. The zero-order valence-corrected chi connectivity index (χ0v) is 16.8. The number of nitrogens with two attached hydrogens (primary N) is 1. The Morgan fingerprint density at radius 1 is 0.667 bits per heavy atom. The molecule has 0 aromatic heterocycles. The van der Waals surface area contributed by atoms with Gasteiger partial charge in [-0.25, -0.2) is 0 Å². The van der Waals surface area contributed by atoms with E-state index in [1.807, 2.05) is 12.1 Å². The minimum absolute atomic E-state index is 0.526. The van der Waals surface area contributed by atoms with Gasteiger partial charge in [0, 0.05) is 21.2 Å². The van der Waals surface area contributed by atoms with Crippen LogP contribution in [0, 0.1) is 0 Å². The molecule has 0 saturated carbocycles. The predicted octanol–water partition coefficient (Wildman–Crippen LogP) is 7.40. The van der Waals surface area contributed by atoms with E-state index in [9.17, 15) is 26.3 Å². The lowest BCUT2D eigenvalue weighted by atomic mass is 10.2. The SMILES string of the molecule is FC(F)(F)c1ccc(S)cc1.Nc1ccc(SNc2ccc(C(F)(F)F)cc2)cc1. The van der Waals surface area contributed by atoms with Crippen LogP contribution in [0.2, 0.25) is 0 Å². The number of halogens is 6. The maximum atomic E-state index is 12.4. The lowest BCUT2D eigenvalue weighted by molar-refractivity contribution is -0.138. The van der Waals surface area contributed by atoms with Crippen molar-refractivity contribution < 1.29 is 26.3 Å². The molecule has 3 aromatic carbocycles. The highest BCUT2D eigenvalue weighted by atomic mass is 32.2. The van der Waals surface area contributed by atoms with Crippen LogP contribution in [-0.2, 0) is 12.4 Å². The van der Waals surface area contributed by atoms with Gasteiger partial charge in [-0.15, -0.1) is 12.6 Å². The molecule has 0 heterocycles. The van der Waals surface area contributed by atoms with Crippen LogP contribution in [0.3, 0.4) is 0 Å². The first-order chi connectivity index (χ1) is 13.9. The van der Waals surface area contributed by atoms with Gasteiger partial charge in [0.15, 0.2) is 0 Å². The minimum Gasteiger partial charge on any atom is -0.399 e. The van der Waals surface area contributed by atoms with Crippen molar-refractivity contribution in [2.75, 3.05) is 10.5 Å². The van der Waals surface area contributed by atoms with E-state index >= 15 is 0 Å². The second-order valence-electron chi connectivity index (χ2n) is 5.89. The van der Waals surface area contributed by atoms with Gasteiger partial charge >= 0.3 is 12.4 Å². The number of alkyl halides is 6. The Bertz CT molecular complexity index is 922. The van der Waals surface area contributed by atoms with Crippen molar-refractivity contribution in [3.05, 3.63) is 83.9 Å². The zero-order valence-electron chi connectivity index (χ0n) is 15.1. The number of anilines is 2. The molecule has 0 atom stereocenters. The van der Waals surface area contributed by atoms with Gasteiger partial charge in [0.25, 0.3) is 0 Å². The van der Waals surface area contributed by atoms with Gasteiger partial charge in [-0.2, -0.15) is 26.3 Å². The zero-order chi connectivity index (χ0) is 22.4. The molecule has 10 heteroatoms. The average molecular weight is 462 g/mol. The van der Waals surface area contributed by atoms with E-state index in [-0.39, 0.29) is 0 Å². The lowest BCUT2D eigenvalue weighted by Crippen LogP contribution is -2.04. The molecule has 0 saturated heterocycles. The highest BCUT2D eigenvalue weighted by Gasteiger charge is 2.30. The summed E-state index contributed by atoms with van der Waals surface area (Å²) in [4.78, 5) is 1.45. The van der Waals surface area contributed by atoms with Crippen LogP contribution in [0.5, 0.6) is 0 Å². The van der Waals surface area contributed by atoms with Gasteiger partial charge in [-0.1, -0.05) is 0 Å². The van der Waals surface area contributed by atoms with Crippen molar-refractivity contribution in [2.24, 2.45) is 0 Å². The highest BCUT2D eigenvalue weighted by Crippen LogP contribution is 2.31. The number of nitrogens with one attached hydrogen (secondary N) is 1. The molecule has 0 radical (unpaired) electrons. The van der Waals surface area contributed by atoms with Crippen LogP contribution in [-0.4, -0.2) is 0 Å². The standard InChI is InChI=1S/C13H11F3N2S.C7H5F3S/c14-13(15,16)9-1-5-11(6-2-9)18-19-12-7-3-10(17)4-8-12;8-7(9,10)5-1-3-6(11)4-2-5/h1-8,18H,17H2;1-4,11H. The number of rotatable bonds is 3. The Balaban J connectivity index is 0.000000248. The molecule has 3 rings (SSSR count). The largest absolute Gasteiger partial charge is 0.416 e. The monoisotopic (exact) mass is 462 g/mol. The minimum atomic E-state index is -4.30. The fraction of sp³-hybridized carbons (Fsp3) is 0.100. The molecule has 3 N–H and O–H groups in total. The Kier molecular flexibility index (Phi) is 7.96. The summed E-state index contributed by atoms with van der Waals surface area (Å²) in [6, 6.07) is 16.7. The third-order valence-corrected chi connectivity index (χ3v) is 4.72. The first-order valence-electron chi connectivity index (χ1n) is 8.27. The Morgan fingerprint density at radius 3 is 1.53 bits per heavy atom. The first kappa shape index (κ1) is 23.8. The smallest absolute Gasteiger partial charge is 0.399 e.